The minimum Gasteiger partial charge on any atom is -0.456 e. The molecule has 0 N–H and O–H groups in total. The minimum atomic E-state index is 0.944. The van der Waals surface area contributed by atoms with Gasteiger partial charge in [0.15, 0.2) is 0 Å². The molecule has 2 heterocycles. The summed E-state index contributed by atoms with van der Waals surface area (Å²) >= 11 is 1.86. The fraction of sp³-hybridized carbons (Fsp3) is 0. The van der Waals surface area contributed by atoms with Gasteiger partial charge < -0.3 is 4.42 Å². The van der Waals surface area contributed by atoms with Gasteiger partial charge in [0, 0.05) is 30.9 Å². The van der Waals surface area contributed by atoms with E-state index < -0.39 is 0 Å². The van der Waals surface area contributed by atoms with Gasteiger partial charge in [-0.05, 0) is 35.4 Å². The van der Waals surface area contributed by atoms with Gasteiger partial charge in [-0.2, -0.15) is 0 Å². The first kappa shape index (κ1) is 14.1. The maximum absolute atomic E-state index is 6.09. The molecule has 0 aliphatic heterocycles. The Morgan fingerprint density at radius 3 is 2.31 bits per heavy atom. The summed E-state index contributed by atoms with van der Waals surface area (Å²) < 4.78 is 8.76. The lowest BCUT2D eigenvalue weighted by molar-refractivity contribution is 0.669. The average Bonchev–Trinajstić information content (AvgIpc) is 3.25. The van der Waals surface area contributed by atoms with Gasteiger partial charge in [-0.3, -0.25) is 0 Å². The van der Waals surface area contributed by atoms with Crippen LogP contribution in [-0.2, 0) is 0 Å². The SMILES string of the molecule is c1ccc2c(c1)oc1cc(-c3cccc4c3sc3ccccc34)ccc12. The summed E-state index contributed by atoms with van der Waals surface area (Å²) in [4.78, 5) is 0. The van der Waals surface area contributed by atoms with Crippen LogP contribution in [0.1, 0.15) is 0 Å². The van der Waals surface area contributed by atoms with Crippen LogP contribution in [0.2, 0.25) is 0 Å². The first-order chi connectivity index (χ1) is 12.9. The molecule has 0 amide bonds. The van der Waals surface area contributed by atoms with E-state index in [9.17, 15) is 0 Å². The first-order valence-corrected chi connectivity index (χ1v) is 9.52. The van der Waals surface area contributed by atoms with Crippen LogP contribution < -0.4 is 0 Å². The highest BCUT2D eigenvalue weighted by Crippen LogP contribution is 2.41. The summed E-state index contributed by atoms with van der Waals surface area (Å²) in [7, 11) is 0. The van der Waals surface area contributed by atoms with Crippen molar-refractivity contribution in [1.82, 2.24) is 0 Å². The summed E-state index contributed by atoms with van der Waals surface area (Å²) in [5, 5.41) is 5.01. The summed E-state index contributed by atoms with van der Waals surface area (Å²) in [6.07, 6.45) is 0. The Hall–Kier alpha value is -3.10. The number of rotatable bonds is 1. The van der Waals surface area contributed by atoms with E-state index in [2.05, 4.69) is 72.8 Å². The van der Waals surface area contributed by atoms with E-state index in [0.717, 1.165) is 11.2 Å². The van der Waals surface area contributed by atoms with Gasteiger partial charge in [0.25, 0.3) is 0 Å². The van der Waals surface area contributed by atoms with Crippen LogP contribution in [0.4, 0.5) is 0 Å². The number of furan rings is 1. The number of fused-ring (bicyclic) bond motifs is 6. The molecule has 2 aromatic heterocycles. The molecule has 0 spiro atoms. The molecule has 122 valence electrons. The third-order valence-corrected chi connectivity index (χ3v) is 6.31. The highest BCUT2D eigenvalue weighted by atomic mass is 32.1. The first-order valence-electron chi connectivity index (χ1n) is 8.70. The van der Waals surface area contributed by atoms with Crippen molar-refractivity contribution in [2.24, 2.45) is 0 Å². The fourth-order valence-electron chi connectivity index (χ4n) is 3.87. The maximum atomic E-state index is 6.09. The molecule has 0 unspecified atom stereocenters. The molecule has 1 nitrogen and oxygen atoms in total. The summed E-state index contributed by atoms with van der Waals surface area (Å²) in [5.74, 6) is 0. The van der Waals surface area contributed by atoms with Crippen LogP contribution in [0.3, 0.4) is 0 Å². The van der Waals surface area contributed by atoms with E-state index in [1.54, 1.807) is 0 Å². The van der Waals surface area contributed by atoms with Crippen LogP contribution in [0.15, 0.2) is 89.3 Å². The molecule has 0 aliphatic rings. The van der Waals surface area contributed by atoms with Crippen molar-refractivity contribution < 1.29 is 4.42 Å². The van der Waals surface area contributed by atoms with Crippen molar-refractivity contribution in [2.75, 3.05) is 0 Å². The van der Waals surface area contributed by atoms with Gasteiger partial charge in [0.05, 0.1) is 0 Å². The van der Waals surface area contributed by atoms with Gasteiger partial charge in [-0.15, -0.1) is 11.3 Å². The maximum Gasteiger partial charge on any atom is 0.136 e. The Bertz CT molecular complexity index is 1430. The number of thiophene rings is 1. The second-order valence-corrected chi connectivity index (χ2v) is 7.64. The molecule has 26 heavy (non-hydrogen) atoms. The molecule has 2 heteroatoms. The van der Waals surface area contributed by atoms with E-state index >= 15 is 0 Å². The van der Waals surface area contributed by atoms with Crippen molar-refractivity contribution in [3.63, 3.8) is 0 Å². The molecule has 0 fully saturated rings. The van der Waals surface area contributed by atoms with Crippen LogP contribution in [-0.4, -0.2) is 0 Å². The van der Waals surface area contributed by atoms with E-state index in [1.165, 1.54) is 42.1 Å². The van der Waals surface area contributed by atoms with Gasteiger partial charge in [0.2, 0.25) is 0 Å². The Balaban J connectivity index is 1.66. The number of hydrogen-bond acceptors (Lipinski definition) is 2. The van der Waals surface area contributed by atoms with Crippen molar-refractivity contribution >= 4 is 53.4 Å². The molecule has 0 saturated carbocycles. The summed E-state index contributed by atoms with van der Waals surface area (Å²) in [5.41, 5.74) is 4.36. The fourth-order valence-corrected chi connectivity index (χ4v) is 5.11. The molecule has 0 saturated heterocycles. The lowest BCUT2D eigenvalue weighted by Crippen LogP contribution is -1.78. The van der Waals surface area contributed by atoms with Gasteiger partial charge in [0.1, 0.15) is 11.2 Å². The Morgan fingerprint density at radius 2 is 1.35 bits per heavy atom. The Morgan fingerprint density at radius 1 is 0.577 bits per heavy atom. The number of hydrogen-bond donors (Lipinski definition) is 0. The van der Waals surface area contributed by atoms with Crippen LogP contribution in [0.5, 0.6) is 0 Å². The number of para-hydroxylation sites is 1. The lowest BCUT2D eigenvalue weighted by Gasteiger charge is -2.03. The molecular formula is C24H14OS. The normalized spacial score (nSPS) is 11.8. The van der Waals surface area contributed by atoms with Crippen molar-refractivity contribution in [3.05, 3.63) is 84.9 Å². The van der Waals surface area contributed by atoms with E-state index in [1.807, 2.05) is 23.5 Å². The molecule has 4 aromatic carbocycles. The minimum absolute atomic E-state index is 0.944. The smallest absolute Gasteiger partial charge is 0.136 e. The van der Waals surface area contributed by atoms with Crippen LogP contribution >= 0.6 is 11.3 Å². The molecule has 0 radical (unpaired) electrons. The zero-order valence-corrected chi connectivity index (χ0v) is 14.7. The van der Waals surface area contributed by atoms with Crippen molar-refractivity contribution in [3.8, 4) is 11.1 Å². The Labute approximate surface area is 154 Å². The molecule has 6 rings (SSSR count). The molecule has 0 atom stereocenters. The van der Waals surface area contributed by atoms with Gasteiger partial charge in [-0.25, -0.2) is 0 Å². The highest BCUT2D eigenvalue weighted by Gasteiger charge is 2.12. The third kappa shape index (κ3) is 1.91. The second kappa shape index (κ2) is 5.20. The average molecular weight is 350 g/mol. The summed E-state index contributed by atoms with van der Waals surface area (Å²) in [6.45, 7) is 0. The standard InChI is InChI=1S/C24H14OS/c1-3-10-21-17(6-1)18-13-12-15(14-22(18)25-21)16-8-5-9-20-19-7-2-4-11-23(19)26-24(16)20/h1-14H. The van der Waals surface area contributed by atoms with Crippen LogP contribution in [0, 0.1) is 0 Å². The van der Waals surface area contributed by atoms with E-state index in [4.69, 9.17) is 4.42 Å². The van der Waals surface area contributed by atoms with Gasteiger partial charge in [-0.1, -0.05) is 60.7 Å². The Kier molecular flexibility index (Phi) is 2.82. The molecule has 0 bridgehead atoms. The second-order valence-electron chi connectivity index (χ2n) is 6.59. The molecule has 0 aliphatic carbocycles. The quantitative estimate of drug-likeness (QED) is 0.297. The molecule has 6 aromatic rings. The van der Waals surface area contributed by atoms with E-state index in [-0.39, 0.29) is 0 Å². The van der Waals surface area contributed by atoms with Crippen molar-refractivity contribution in [1.29, 1.82) is 0 Å². The van der Waals surface area contributed by atoms with Crippen LogP contribution in [0.25, 0.3) is 53.2 Å². The zero-order valence-electron chi connectivity index (χ0n) is 13.9. The summed E-state index contributed by atoms with van der Waals surface area (Å²) in [6, 6.07) is 30.0. The van der Waals surface area contributed by atoms with Gasteiger partial charge >= 0.3 is 0 Å². The zero-order chi connectivity index (χ0) is 17.1. The molecular weight excluding hydrogens is 336 g/mol. The van der Waals surface area contributed by atoms with E-state index in [0.29, 0.717) is 0 Å². The monoisotopic (exact) mass is 350 g/mol. The number of benzene rings is 4. The predicted octanol–water partition coefficient (Wildman–Crippen LogP) is 7.62. The highest BCUT2D eigenvalue weighted by molar-refractivity contribution is 7.26. The predicted molar refractivity (Wildman–Crippen MR) is 112 cm³/mol. The topological polar surface area (TPSA) is 13.1 Å². The lowest BCUT2D eigenvalue weighted by atomic mass is 10.0. The van der Waals surface area contributed by atoms with Crippen molar-refractivity contribution in [2.45, 2.75) is 0 Å². The third-order valence-electron chi connectivity index (χ3n) is 5.09. The largest absolute Gasteiger partial charge is 0.456 e.